The lowest BCUT2D eigenvalue weighted by molar-refractivity contribution is -0.121. The van der Waals surface area contributed by atoms with Crippen LogP contribution in [-0.2, 0) is 9.59 Å². The fourth-order valence-electron chi connectivity index (χ4n) is 1.30. The first-order chi connectivity index (χ1) is 6.59. The molecule has 1 rings (SSSR count). The third-order valence-electron chi connectivity index (χ3n) is 2.34. The van der Waals surface area contributed by atoms with E-state index in [1.54, 1.807) is 0 Å². The summed E-state index contributed by atoms with van der Waals surface area (Å²) in [5.41, 5.74) is 10.7. The number of hydrogen-bond acceptors (Lipinski definition) is 3. The Kier molecular flexibility index (Phi) is 3.88. The molecule has 2 amide bonds. The van der Waals surface area contributed by atoms with Crippen LogP contribution in [-0.4, -0.2) is 24.4 Å². The summed E-state index contributed by atoms with van der Waals surface area (Å²) in [6, 6.07) is -0.0245. The average Bonchev–Trinajstić information content (AvgIpc) is 2.84. The van der Waals surface area contributed by atoms with E-state index in [0.29, 0.717) is 18.9 Å². The molecular formula is C9H17N3O2. The molecule has 0 aliphatic heterocycles. The number of carbonyl (C=O) groups is 2. The van der Waals surface area contributed by atoms with E-state index in [1.165, 1.54) is 0 Å². The van der Waals surface area contributed by atoms with Crippen LogP contribution in [0.2, 0.25) is 0 Å². The van der Waals surface area contributed by atoms with Crippen LogP contribution in [0.1, 0.15) is 25.7 Å². The normalized spacial score (nSPS) is 17.5. The average molecular weight is 199 g/mol. The van der Waals surface area contributed by atoms with Gasteiger partial charge >= 0.3 is 0 Å². The number of rotatable bonds is 6. The summed E-state index contributed by atoms with van der Waals surface area (Å²) in [5.74, 6) is 0.0272. The van der Waals surface area contributed by atoms with E-state index in [2.05, 4.69) is 5.32 Å². The van der Waals surface area contributed by atoms with Gasteiger partial charge in [-0.3, -0.25) is 9.59 Å². The largest absolute Gasteiger partial charge is 0.370 e. The van der Waals surface area contributed by atoms with Gasteiger partial charge in [-0.15, -0.1) is 0 Å². The minimum absolute atomic E-state index is 0.0245. The van der Waals surface area contributed by atoms with Gasteiger partial charge < -0.3 is 16.8 Å². The van der Waals surface area contributed by atoms with Crippen molar-refractivity contribution >= 4 is 11.8 Å². The van der Waals surface area contributed by atoms with Crippen molar-refractivity contribution in [1.29, 1.82) is 0 Å². The molecule has 0 spiro atoms. The summed E-state index contributed by atoms with van der Waals surface area (Å²) in [4.78, 5) is 21.6. The molecule has 1 aliphatic rings. The van der Waals surface area contributed by atoms with Crippen LogP contribution < -0.4 is 16.8 Å². The van der Waals surface area contributed by atoms with Crippen molar-refractivity contribution in [2.24, 2.45) is 17.4 Å². The maximum absolute atomic E-state index is 11.2. The first-order valence-electron chi connectivity index (χ1n) is 4.90. The van der Waals surface area contributed by atoms with Crippen molar-refractivity contribution in [2.75, 3.05) is 6.54 Å². The van der Waals surface area contributed by atoms with Crippen molar-refractivity contribution in [2.45, 2.75) is 31.7 Å². The van der Waals surface area contributed by atoms with Crippen LogP contribution in [0.4, 0.5) is 0 Å². The standard InChI is InChI=1S/C9H17N3O2/c10-7(6-1-2-6)5-9(14)12-4-3-8(11)13/h6-7H,1-5,10H2,(H2,11,13)(H,12,14). The molecule has 1 unspecified atom stereocenters. The molecule has 14 heavy (non-hydrogen) atoms. The number of carbonyl (C=O) groups excluding carboxylic acids is 2. The minimum Gasteiger partial charge on any atom is -0.370 e. The van der Waals surface area contributed by atoms with Crippen LogP contribution >= 0.6 is 0 Å². The van der Waals surface area contributed by atoms with Gasteiger partial charge in [0.1, 0.15) is 0 Å². The Bertz CT molecular complexity index is 226. The van der Waals surface area contributed by atoms with E-state index in [9.17, 15) is 9.59 Å². The first kappa shape index (κ1) is 11.0. The Labute approximate surface area is 83.2 Å². The minimum atomic E-state index is -0.406. The second kappa shape index (κ2) is 4.95. The van der Waals surface area contributed by atoms with Gasteiger partial charge in [0, 0.05) is 25.4 Å². The van der Waals surface area contributed by atoms with Gasteiger partial charge in [0.25, 0.3) is 0 Å². The third-order valence-corrected chi connectivity index (χ3v) is 2.34. The third kappa shape index (κ3) is 4.23. The van der Waals surface area contributed by atoms with Gasteiger partial charge in [-0.05, 0) is 18.8 Å². The SMILES string of the molecule is NC(=O)CCNC(=O)CC(N)C1CC1. The molecule has 1 atom stereocenters. The molecule has 5 heteroatoms. The van der Waals surface area contributed by atoms with Crippen LogP contribution in [0.15, 0.2) is 0 Å². The van der Waals surface area contributed by atoms with E-state index in [4.69, 9.17) is 11.5 Å². The summed E-state index contributed by atoms with van der Waals surface area (Å²) >= 11 is 0. The second-order valence-corrected chi connectivity index (χ2v) is 3.77. The summed E-state index contributed by atoms with van der Waals surface area (Å²) in [5, 5.41) is 2.61. The molecule has 5 nitrogen and oxygen atoms in total. The molecule has 0 radical (unpaired) electrons. The molecule has 1 fully saturated rings. The quantitative estimate of drug-likeness (QED) is 0.517. The Hall–Kier alpha value is -1.10. The van der Waals surface area contributed by atoms with Gasteiger partial charge in [0.15, 0.2) is 0 Å². The molecule has 0 aromatic rings. The van der Waals surface area contributed by atoms with Crippen LogP contribution in [0.25, 0.3) is 0 Å². The van der Waals surface area contributed by atoms with E-state index in [-0.39, 0.29) is 18.4 Å². The maximum Gasteiger partial charge on any atom is 0.221 e. The summed E-state index contributed by atoms with van der Waals surface area (Å²) in [6.07, 6.45) is 2.80. The van der Waals surface area contributed by atoms with Crippen LogP contribution in [0, 0.1) is 5.92 Å². The lowest BCUT2D eigenvalue weighted by Crippen LogP contribution is -2.34. The predicted molar refractivity (Wildman–Crippen MR) is 52.1 cm³/mol. The highest BCUT2D eigenvalue weighted by Gasteiger charge is 2.29. The lowest BCUT2D eigenvalue weighted by Gasteiger charge is -2.09. The fraction of sp³-hybridized carbons (Fsp3) is 0.778. The molecule has 0 heterocycles. The molecule has 0 saturated heterocycles. The molecule has 80 valence electrons. The van der Waals surface area contributed by atoms with E-state index in [0.717, 1.165) is 12.8 Å². The topological polar surface area (TPSA) is 98.2 Å². The van der Waals surface area contributed by atoms with E-state index in [1.807, 2.05) is 0 Å². The predicted octanol–water partition coefficient (Wildman–Crippen LogP) is -0.895. The highest BCUT2D eigenvalue weighted by atomic mass is 16.2. The second-order valence-electron chi connectivity index (χ2n) is 3.77. The summed E-state index contributed by atoms with van der Waals surface area (Å²) < 4.78 is 0. The van der Waals surface area contributed by atoms with Gasteiger partial charge in [0.05, 0.1) is 0 Å². The first-order valence-corrected chi connectivity index (χ1v) is 4.90. The van der Waals surface area contributed by atoms with Crippen molar-refractivity contribution in [3.63, 3.8) is 0 Å². The Morgan fingerprint density at radius 2 is 2.07 bits per heavy atom. The van der Waals surface area contributed by atoms with Gasteiger partial charge in [-0.25, -0.2) is 0 Å². The molecule has 1 saturated carbocycles. The molecular weight excluding hydrogens is 182 g/mol. The number of nitrogens with two attached hydrogens (primary N) is 2. The molecule has 0 aromatic heterocycles. The highest BCUT2D eigenvalue weighted by Crippen LogP contribution is 2.32. The van der Waals surface area contributed by atoms with Gasteiger partial charge in [-0.1, -0.05) is 0 Å². The van der Waals surface area contributed by atoms with E-state index >= 15 is 0 Å². The van der Waals surface area contributed by atoms with Crippen molar-refractivity contribution in [3.8, 4) is 0 Å². The number of nitrogens with one attached hydrogen (secondary N) is 1. The van der Waals surface area contributed by atoms with Crippen LogP contribution in [0.3, 0.4) is 0 Å². The molecule has 0 bridgehead atoms. The zero-order valence-electron chi connectivity index (χ0n) is 8.16. The van der Waals surface area contributed by atoms with Gasteiger partial charge in [0.2, 0.25) is 11.8 Å². The fourth-order valence-corrected chi connectivity index (χ4v) is 1.30. The molecule has 1 aliphatic carbocycles. The van der Waals surface area contributed by atoms with Crippen molar-refractivity contribution < 1.29 is 9.59 Å². The monoisotopic (exact) mass is 199 g/mol. The van der Waals surface area contributed by atoms with Crippen molar-refractivity contribution in [3.05, 3.63) is 0 Å². The lowest BCUT2D eigenvalue weighted by atomic mass is 10.1. The zero-order valence-corrected chi connectivity index (χ0v) is 8.16. The Morgan fingerprint density at radius 3 is 2.57 bits per heavy atom. The summed E-state index contributed by atoms with van der Waals surface area (Å²) in [7, 11) is 0. The Morgan fingerprint density at radius 1 is 1.43 bits per heavy atom. The van der Waals surface area contributed by atoms with Gasteiger partial charge in [-0.2, -0.15) is 0 Å². The number of amides is 2. The number of primary amides is 1. The Balaban J connectivity index is 2.05. The maximum atomic E-state index is 11.2. The van der Waals surface area contributed by atoms with E-state index < -0.39 is 5.91 Å². The highest BCUT2D eigenvalue weighted by molar-refractivity contribution is 5.78. The smallest absolute Gasteiger partial charge is 0.221 e. The zero-order chi connectivity index (χ0) is 10.6. The summed E-state index contributed by atoms with van der Waals surface area (Å²) in [6.45, 7) is 0.311. The molecule has 0 aromatic carbocycles. The molecule has 5 N–H and O–H groups in total. The van der Waals surface area contributed by atoms with Crippen molar-refractivity contribution in [1.82, 2.24) is 5.32 Å². The van der Waals surface area contributed by atoms with Crippen LogP contribution in [0.5, 0.6) is 0 Å². The number of hydrogen-bond donors (Lipinski definition) is 3.